The molecule has 1 saturated heterocycles. The molecule has 2 fully saturated rings. The standard InChI is InChI=1S/C17H20N2O2S/c1-21-14-9-5-6-12(10-14)11-15-16(20)19-17(22-15)18-13-7-3-2-4-8-13/h5-6,9-11,13H,2-4,7-8H2,1H3,(H,18,19,20)/b15-11-. The van der Waals surface area contributed by atoms with Gasteiger partial charge in [-0.3, -0.25) is 9.79 Å². The third kappa shape index (κ3) is 3.71. The molecule has 1 N–H and O–H groups in total. The third-order valence-corrected chi connectivity index (χ3v) is 4.84. The fourth-order valence-corrected chi connectivity index (χ4v) is 3.64. The smallest absolute Gasteiger partial charge is 0.264 e. The van der Waals surface area contributed by atoms with E-state index < -0.39 is 0 Å². The number of nitrogens with one attached hydrogen (secondary N) is 1. The second-order valence-corrected chi connectivity index (χ2v) is 6.60. The van der Waals surface area contributed by atoms with E-state index in [0.717, 1.165) is 29.3 Å². The van der Waals surface area contributed by atoms with Gasteiger partial charge in [-0.25, -0.2) is 0 Å². The Bertz CT molecular complexity index is 619. The van der Waals surface area contributed by atoms with E-state index in [1.807, 2.05) is 30.3 Å². The summed E-state index contributed by atoms with van der Waals surface area (Å²) >= 11 is 1.43. The molecule has 3 rings (SSSR count). The van der Waals surface area contributed by atoms with Crippen LogP contribution in [0.25, 0.3) is 6.08 Å². The van der Waals surface area contributed by atoms with Crippen LogP contribution in [0, 0.1) is 0 Å². The number of thioether (sulfide) groups is 1. The lowest BCUT2D eigenvalue weighted by Crippen LogP contribution is -2.22. The van der Waals surface area contributed by atoms with Gasteiger partial charge < -0.3 is 10.1 Å². The number of carbonyl (C=O) groups is 1. The average molecular weight is 316 g/mol. The first-order chi connectivity index (χ1) is 10.7. The van der Waals surface area contributed by atoms with E-state index in [0.29, 0.717) is 10.9 Å². The van der Waals surface area contributed by atoms with Crippen molar-refractivity contribution in [1.29, 1.82) is 0 Å². The summed E-state index contributed by atoms with van der Waals surface area (Å²) in [6.45, 7) is 0. The molecule has 0 spiro atoms. The Morgan fingerprint density at radius 1 is 1.32 bits per heavy atom. The van der Waals surface area contributed by atoms with Gasteiger partial charge in [0.05, 0.1) is 18.1 Å². The van der Waals surface area contributed by atoms with Gasteiger partial charge in [0.25, 0.3) is 5.91 Å². The minimum Gasteiger partial charge on any atom is -0.497 e. The Labute approximate surface area is 135 Å². The molecule has 22 heavy (non-hydrogen) atoms. The van der Waals surface area contributed by atoms with Gasteiger partial charge in [0, 0.05) is 0 Å². The van der Waals surface area contributed by atoms with Crippen LogP contribution in [0.2, 0.25) is 0 Å². The van der Waals surface area contributed by atoms with E-state index >= 15 is 0 Å². The van der Waals surface area contributed by atoms with Crippen LogP contribution in [-0.2, 0) is 4.79 Å². The Morgan fingerprint density at radius 3 is 2.91 bits per heavy atom. The highest BCUT2D eigenvalue weighted by Gasteiger charge is 2.25. The van der Waals surface area contributed by atoms with Crippen LogP contribution in [0.1, 0.15) is 37.7 Å². The summed E-state index contributed by atoms with van der Waals surface area (Å²) in [5.41, 5.74) is 0.955. The zero-order valence-electron chi connectivity index (χ0n) is 12.7. The van der Waals surface area contributed by atoms with E-state index in [1.165, 1.54) is 31.0 Å². The van der Waals surface area contributed by atoms with Crippen LogP contribution in [-0.4, -0.2) is 24.2 Å². The van der Waals surface area contributed by atoms with Crippen molar-refractivity contribution >= 4 is 28.9 Å². The SMILES string of the molecule is COc1cccc(/C=C2\SC(=NC3CCCCC3)NC2=O)c1. The third-order valence-electron chi connectivity index (χ3n) is 3.92. The first-order valence-electron chi connectivity index (χ1n) is 7.67. The fraction of sp³-hybridized carbons (Fsp3) is 0.412. The van der Waals surface area contributed by atoms with Gasteiger partial charge in [-0.2, -0.15) is 0 Å². The highest BCUT2D eigenvalue weighted by molar-refractivity contribution is 8.18. The van der Waals surface area contributed by atoms with Crippen LogP contribution in [0.5, 0.6) is 5.75 Å². The van der Waals surface area contributed by atoms with Gasteiger partial charge in [-0.1, -0.05) is 31.4 Å². The lowest BCUT2D eigenvalue weighted by molar-refractivity contribution is -0.115. The summed E-state index contributed by atoms with van der Waals surface area (Å²) in [5, 5.41) is 3.62. The summed E-state index contributed by atoms with van der Waals surface area (Å²) in [7, 11) is 1.64. The number of carbonyl (C=O) groups excluding carboxylic acids is 1. The topological polar surface area (TPSA) is 50.7 Å². The molecule has 2 aliphatic rings. The molecule has 0 bridgehead atoms. The highest BCUT2D eigenvalue weighted by atomic mass is 32.2. The molecule has 1 aliphatic carbocycles. The van der Waals surface area contributed by atoms with Gasteiger partial charge in [0.1, 0.15) is 5.75 Å². The van der Waals surface area contributed by atoms with Crippen molar-refractivity contribution in [2.45, 2.75) is 38.1 Å². The van der Waals surface area contributed by atoms with Crippen molar-refractivity contribution in [3.8, 4) is 5.75 Å². The monoisotopic (exact) mass is 316 g/mol. The zero-order valence-corrected chi connectivity index (χ0v) is 13.5. The summed E-state index contributed by atoms with van der Waals surface area (Å²) in [6, 6.07) is 8.05. The van der Waals surface area contributed by atoms with Crippen molar-refractivity contribution in [3.05, 3.63) is 34.7 Å². The number of amides is 1. The van der Waals surface area contributed by atoms with Gasteiger partial charge >= 0.3 is 0 Å². The molecule has 1 amide bonds. The molecule has 5 heteroatoms. The Morgan fingerprint density at radius 2 is 2.14 bits per heavy atom. The number of methoxy groups -OCH3 is 1. The maximum absolute atomic E-state index is 12.1. The number of hydrogen-bond acceptors (Lipinski definition) is 4. The first kappa shape index (κ1) is 15.2. The summed E-state index contributed by atoms with van der Waals surface area (Å²) in [6.07, 6.45) is 7.94. The molecule has 4 nitrogen and oxygen atoms in total. The maximum Gasteiger partial charge on any atom is 0.264 e. The van der Waals surface area contributed by atoms with Crippen LogP contribution >= 0.6 is 11.8 Å². The second kappa shape index (κ2) is 7.01. The van der Waals surface area contributed by atoms with Crippen LogP contribution in [0.3, 0.4) is 0 Å². The Kier molecular flexibility index (Phi) is 4.83. The molecule has 1 saturated carbocycles. The predicted molar refractivity (Wildman–Crippen MR) is 91.0 cm³/mol. The van der Waals surface area contributed by atoms with Gasteiger partial charge in [0.15, 0.2) is 5.17 Å². The predicted octanol–water partition coefficient (Wildman–Crippen LogP) is 3.59. The summed E-state index contributed by atoms with van der Waals surface area (Å²) in [4.78, 5) is 17.4. The normalized spacial score (nSPS) is 23.0. The van der Waals surface area contributed by atoms with Crippen LogP contribution in [0.4, 0.5) is 0 Å². The van der Waals surface area contributed by atoms with Crippen molar-refractivity contribution in [1.82, 2.24) is 5.32 Å². The van der Waals surface area contributed by atoms with Crippen LogP contribution in [0.15, 0.2) is 34.2 Å². The number of hydrogen-bond donors (Lipinski definition) is 1. The summed E-state index contributed by atoms with van der Waals surface area (Å²) < 4.78 is 5.21. The largest absolute Gasteiger partial charge is 0.497 e. The molecule has 1 aromatic rings. The number of aliphatic imine (C=N–C) groups is 1. The Balaban J connectivity index is 1.73. The van der Waals surface area contributed by atoms with Gasteiger partial charge in [-0.15, -0.1) is 0 Å². The van der Waals surface area contributed by atoms with Crippen molar-refractivity contribution in [2.75, 3.05) is 7.11 Å². The molecule has 0 atom stereocenters. The van der Waals surface area contributed by atoms with E-state index in [-0.39, 0.29) is 5.91 Å². The highest BCUT2D eigenvalue weighted by Crippen LogP contribution is 2.29. The van der Waals surface area contributed by atoms with E-state index in [1.54, 1.807) is 7.11 Å². The Hall–Kier alpha value is -1.75. The van der Waals surface area contributed by atoms with E-state index in [4.69, 9.17) is 9.73 Å². The van der Waals surface area contributed by atoms with Crippen LogP contribution < -0.4 is 10.1 Å². The average Bonchev–Trinajstić information content (AvgIpc) is 2.88. The summed E-state index contributed by atoms with van der Waals surface area (Å²) in [5.74, 6) is 0.719. The molecule has 1 heterocycles. The van der Waals surface area contributed by atoms with E-state index in [2.05, 4.69) is 5.32 Å². The molecule has 0 unspecified atom stereocenters. The van der Waals surface area contributed by atoms with Gasteiger partial charge in [-0.05, 0) is 48.4 Å². The molecule has 0 radical (unpaired) electrons. The molecule has 0 aromatic heterocycles. The lowest BCUT2D eigenvalue weighted by Gasteiger charge is -2.17. The number of amidine groups is 1. The fourth-order valence-electron chi connectivity index (χ4n) is 2.75. The molecular weight excluding hydrogens is 296 g/mol. The number of ether oxygens (including phenoxy) is 1. The number of nitrogens with zero attached hydrogens (tertiary/aromatic N) is 1. The number of benzene rings is 1. The van der Waals surface area contributed by atoms with Crippen molar-refractivity contribution in [2.24, 2.45) is 4.99 Å². The minimum atomic E-state index is -0.0672. The molecule has 1 aromatic carbocycles. The minimum absolute atomic E-state index is 0.0672. The number of rotatable bonds is 3. The van der Waals surface area contributed by atoms with Crippen molar-refractivity contribution < 1.29 is 9.53 Å². The maximum atomic E-state index is 12.1. The molecule has 1 aliphatic heterocycles. The zero-order chi connectivity index (χ0) is 15.4. The quantitative estimate of drug-likeness (QED) is 0.867. The van der Waals surface area contributed by atoms with Gasteiger partial charge in [0.2, 0.25) is 0 Å². The second-order valence-electron chi connectivity index (χ2n) is 5.57. The lowest BCUT2D eigenvalue weighted by atomic mass is 9.96. The van der Waals surface area contributed by atoms with E-state index in [9.17, 15) is 4.79 Å². The van der Waals surface area contributed by atoms with Crippen molar-refractivity contribution in [3.63, 3.8) is 0 Å². The molecule has 116 valence electrons. The first-order valence-corrected chi connectivity index (χ1v) is 8.49. The molecular formula is C17H20N2O2S.